The number of hydrogen-bond acceptors (Lipinski definition) is 6. The van der Waals surface area contributed by atoms with Gasteiger partial charge in [-0.25, -0.2) is 4.98 Å². The molecule has 0 radical (unpaired) electrons. The molecule has 1 aliphatic carbocycles. The number of halogens is 1. The van der Waals surface area contributed by atoms with E-state index in [4.69, 9.17) is 4.74 Å². The fraction of sp³-hybridized carbons (Fsp3) is 0.304. The molecule has 3 N–H and O–H groups in total. The number of aliphatic hydroxyl groups is 1. The fourth-order valence-corrected chi connectivity index (χ4v) is 4.45. The van der Waals surface area contributed by atoms with Gasteiger partial charge in [-0.2, -0.15) is 0 Å². The second-order valence-corrected chi connectivity index (χ2v) is 8.51. The molecular weight excluding hydrogens is 462 g/mol. The third-order valence-electron chi connectivity index (χ3n) is 5.42. The van der Waals surface area contributed by atoms with Crippen molar-refractivity contribution in [2.24, 2.45) is 5.92 Å². The molecule has 2 atom stereocenters. The van der Waals surface area contributed by atoms with Crippen LogP contribution in [0.25, 0.3) is 0 Å². The lowest BCUT2D eigenvalue weighted by molar-refractivity contribution is 0.0962. The maximum absolute atomic E-state index is 13.1. The molecule has 1 aromatic carbocycles. The average Bonchev–Trinajstić information content (AvgIpc) is 2.79. The molecule has 7 nitrogen and oxygen atoms in total. The molecule has 2 aromatic rings. The molecule has 0 saturated heterocycles. The number of alkyl halides is 1. The second kappa shape index (κ2) is 9.11. The summed E-state index contributed by atoms with van der Waals surface area (Å²) in [6, 6.07) is 6.81. The lowest BCUT2D eigenvalue weighted by atomic mass is 9.96. The first kappa shape index (κ1) is 21.4. The number of aliphatic hydroxyl groups excluding tert-OH is 1. The van der Waals surface area contributed by atoms with E-state index in [1.807, 2.05) is 23.1 Å². The first-order valence-corrected chi connectivity index (χ1v) is 11.1. The number of hydrogen-bond donors (Lipinski definition) is 3. The summed E-state index contributed by atoms with van der Waals surface area (Å²) in [6.07, 6.45) is 8.47. The summed E-state index contributed by atoms with van der Waals surface area (Å²) < 4.78 is 5.86. The maximum atomic E-state index is 13.1. The van der Waals surface area contributed by atoms with Crippen molar-refractivity contribution in [3.63, 3.8) is 0 Å². The van der Waals surface area contributed by atoms with E-state index in [1.54, 1.807) is 12.1 Å². The Balaban J connectivity index is 1.63. The highest BCUT2D eigenvalue weighted by Crippen LogP contribution is 2.41. The van der Waals surface area contributed by atoms with Crippen LogP contribution in [0.5, 0.6) is 11.5 Å². The van der Waals surface area contributed by atoms with Gasteiger partial charge in [0.2, 0.25) is 0 Å². The minimum absolute atomic E-state index is 0.0401. The summed E-state index contributed by atoms with van der Waals surface area (Å²) in [5.41, 5.74) is 2.35. The zero-order valence-electron chi connectivity index (χ0n) is 17.1. The summed E-state index contributed by atoms with van der Waals surface area (Å²) in [7, 11) is 0. The number of amides is 1. The average molecular weight is 486 g/mol. The Kier molecular flexibility index (Phi) is 6.29. The normalized spacial score (nSPS) is 20.0. The van der Waals surface area contributed by atoms with Gasteiger partial charge < -0.3 is 25.2 Å². The van der Waals surface area contributed by atoms with Crippen LogP contribution in [-0.4, -0.2) is 39.1 Å². The molecule has 0 bridgehead atoms. The number of rotatable bonds is 5. The van der Waals surface area contributed by atoms with Crippen molar-refractivity contribution in [2.75, 3.05) is 18.1 Å². The third kappa shape index (κ3) is 4.31. The first-order chi connectivity index (χ1) is 15.0. The molecule has 1 aliphatic heterocycles. The first-order valence-electron chi connectivity index (χ1n) is 10.2. The largest absolute Gasteiger partial charge is 0.504 e. The number of benzene rings is 1. The molecule has 2 heterocycles. The van der Waals surface area contributed by atoms with Gasteiger partial charge in [-0.05, 0) is 42.2 Å². The van der Waals surface area contributed by atoms with Gasteiger partial charge in [-0.3, -0.25) is 4.79 Å². The number of aromatic nitrogens is 1. The van der Waals surface area contributed by atoms with Gasteiger partial charge in [-0.1, -0.05) is 41.1 Å². The van der Waals surface area contributed by atoms with Gasteiger partial charge in [0.25, 0.3) is 5.91 Å². The van der Waals surface area contributed by atoms with Crippen molar-refractivity contribution in [3.05, 3.63) is 65.5 Å². The number of pyridine rings is 1. The van der Waals surface area contributed by atoms with Crippen LogP contribution in [0.15, 0.2) is 54.4 Å². The Hall–Kier alpha value is -2.84. The van der Waals surface area contributed by atoms with Crippen LogP contribution in [0.2, 0.25) is 0 Å². The highest BCUT2D eigenvalue weighted by atomic mass is 79.9. The molecule has 1 aromatic heterocycles. The Labute approximate surface area is 189 Å². The Morgan fingerprint density at radius 1 is 1.42 bits per heavy atom. The van der Waals surface area contributed by atoms with Gasteiger partial charge in [0.1, 0.15) is 6.61 Å². The second-order valence-electron chi connectivity index (χ2n) is 7.45. The number of anilines is 2. The smallest absolute Gasteiger partial charge is 0.259 e. The Morgan fingerprint density at radius 3 is 3.00 bits per heavy atom. The van der Waals surface area contributed by atoms with Crippen molar-refractivity contribution in [1.29, 1.82) is 0 Å². The van der Waals surface area contributed by atoms with Crippen LogP contribution < -0.4 is 15.0 Å². The van der Waals surface area contributed by atoms with Crippen molar-refractivity contribution in [1.82, 2.24) is 10.3 Å². The molecular formula is C23H24BrN3O4. The molecule has 0 spiro atoms. The van der Waals surface area contributed by atoms with Crippen LogP contribution in [0, 0.1) is 5.92 Å². The van der Waals surface area contributed by atoms with Crippen LogP contribution in [0.1, 0.15) is 29.3 Å². The molecule has 2 aliphatic rings. The number of nitrogens with one attached hydrogen (secondary N) is 1. The third-order valence-corrected chi connectivity index (χ3v) is 6.41. The number of carbonyl (C=O) groups excluding carboxylic acids is 1. The predicted molar refractivity (Wildman–Crippen MR) is 122 cm³/mol. The molecule has 0 fully saturated rings. The summed E-state index contributed by atoms with van der Waals surface area (Å²) >= 11 is 3.64. The van der Waals surface area contributed by atoms with Gasteiger partial charge in [0.05, 0.1) is 24.4 Å². The number of nitrogens with zero attached hydrogens (tertiary/aromatic N) is 2. The summed E-state index contributed by atoms with van der Waals surface area (Å²) in [5, 5.41) is 22.6. The van der Waals surface area contributed by atoms with Crippen LogP contribution in [0.4, 0.5) is 11.5 Å². The monoisotopic (exact) mass is 485 g/mol. The zero-order valence-corrected chi connectivity index (χ0v) is 18.7. The molecule has 162 valence electrons. The number of para-hydroxylation sites is 1. The van der Waals surface area contributed by atoms with Crippen molar-refractivity contribution < 1.29 is 19.7 Å². The van der Waals surface area contributed by atoms with E-state index in [9.17, 15) is 15.0 Å². The van der Waals surface area contributed by atoms with Crippen molar-refractivity contribution >= 4 is 33.3 Å². The lowest BCUT2D eigenvalue weighted by Gasteiger charge is -2.31. The zero-order chi connectivity index (χ0) is 22.0. The van der Waals surface area contributed by atoms with E-state index in [-0.39, 0.29) is 23.1 Å². The van der Waals surface area contributed by atoms with Gasteiger partial charge in [-0.15, -0.1) is 0 Å². The standard InChI is InChI=1S/C23H24BrN3O4/c1-2-15-11-16(6-7-18(15)24)26-23(30)17-4-3-5-19-21(17)31-9-8-27(19)22-20(29)10-14(13-28)12-25-22/h3-7,10-12,15,18,28-29H,2,8-9,13H2,1H3,(H,26,30). The van der Waals surface area contributed by atoms with Gasteiger partial charge >= 0.3 is 0 Å². The van der Waals surface area contributed by atoms with E-state index in [0.29, 0.717) is 47.5 Å². The maximum Gasteiger partial charge on any atom is 0.259 e. The van der Waals surface area contributed by atoms with E-state index >= 15 is 0 Å². The van der Waals surface area contributed by atoms with Crippen molar-refractivity contribution in [2.45, 2.75) is 24.8 Å². The minimum atomic E-state index is -0.259. The van der Waals surface area contributed by atoms with E-state index < -0.39 is 0 Å². The topological polar surface area (TPSA) is 94.9 Å². The highest BCUT2D eigenvalue weighted by Gasteiger charge is 2.27. The number of ether oxygens (including phenoxy) is 1. The molecule has 0 saturated carbocycles. The number of fused-ring (bicyclic) bond motifs is 1. The number of carbonyl (C=O) groups is 1. The predicted octanol–water partition coefficient (Wildman–Crippen LogP) is 3.78. The molecule has 4 rings (SSSR count). The molecule has 1 amide bonds. The molecule has 8 heteroatoms. The lowest BCUT2D eigenvalue weighted by Crippen LogP contribution is -2.32. The van der Waals surface area contributed by atoms with E-state index in [2.05, 4.69) is 39.2 Å². The number of aromatic hydroxyl groups is 1. The summed E-state index contributed by atoms with van der Waals surface area (Å²) in [5.74, 6) is 0.815. The molecule has 2 unspecified atom stereocenters. The van der Waals surface area contributed by atoms with Gasteiger partial charge in [0.15, 0.2) is 17.3 Å². The summed E-state index contributed by atoms with van der Waals surface area (Å²) in [4.78, 5) is 19.4. The minimum Gasteiger partial charge on any atom is -0.504 e. The quantitative estimate of drug-likeness (QED) is 0.557. The molecule has 31 heavy (non-hydrogen) atoms. The van der Waals surface area contributed by atoms with Crippen LogP contribution in [0.3, 0.4) is 0 Å². The Bertz CT molecular complexity index is 1050. The highest BCUT2D eigenvalue weighted by molar-refractivity contribution is 9.09. The van der Waals surface area contributed by atoms with Crippen LogP contribution in [-0.2, 0) is 6.61 Å². The van der Waals surface area contributed by atoms with Gasteiger partial charge in [0, 0.05) is 16.7 Å². The van der Waals surface area contributed by atoms with E-state index in [1.165, 1.54) is 12.3 Å². The van der Waals surface area contributed by atoms with E-state index in [0.717, 1.165) is 12.1 Å². The SMILES string of the molecule is CCC1C=C(NC(=O)c2cccc3c2OCCN3c2ncc(CO)cc2O)C=CC1Br. The summed E-state index contributed by atoms with van der Waals surface area (Å²) in [6.45, 7) is 2.71. The van der Waals surface area contributed by atoms with Crippen LogP contribution >= 0.6 is 15.9 Å². The number of allylic oxidation sites excluding steroid dienone is 3. The van der Waals surface area contributed by atoms with Crippen molar-refractivity contribution in [3.8, 4) is 11.5 Å². The fourth-order valence-electron chi connectivity index (χ4n) is 3.77. The Morgan fingerprint density at radius 2 is 2.26 bits per heavy atom.